The molecule has 1 aliphatic carbocycles. The molecule has 2 aromatic rings. The molecule has 1 fully saturated rings. The van der Waals surface area contributed by atoms with Gasteiger partial charge in [-0.15, -0.1) is 0 Å². The molecule has 0 radical (unpaired) electrons. The highest BCUT2D eigenvalue weighted by atomic mass is 16.3. The largest absolute Gasteiger partial charge is 0.393 e. The summed E-state index contributed by atoms with van der Waals surface area (Å²) in [6.07, 6.45) is 3.59. The molecule has 0 bridgehead atoms. The summed E-state index contributed by atoms with van der Waals surface area (Å²) < 4.78 is 0. The number of anilines is 1. The summed E-state index contributed by atoms with van der Waals surface area (Å²) in [5, 5.41) is 24.4. The lowest BCUT2D eigenvalue weighted by Crippen LogP contribution is -2.28. The fraction of sp³-hybridized carbons (Fsp3) is 0.353. The first kappa shape index (κ1) is 13.0. The van der Waals surface area contributed by atoms with E-state index in [9.17, 15) is 10.4 Å². The molecule has 1 saturated carbocycles. The molecular formula is C17H18N2O. The van der Waals surface area contributed by atoms with E-state index in [0.29, 0.717) is 11.6 Å². The Morgan fingerprint density at radius 3 is 2.40 bits per heavy atom. The topological polar surface area (TPSA) is 56.0 Å². The molecule has 2 aromatic carbocycles. The first-order chi connectivity index (χ1) is 9.78. The van der Waals surface area contributed by atoms with Crippen molar-refractivity contribution in [3.63, 3.8) is 0 Å². The highest BCUT2D eigenvalue weighted by Gasteiger charge is 2.19. The Kier molecular flexibility index (Phi) is 3.58. The standard InChI is InChI=1S/C17H18N2O/c18-11-12-5-10-17(16-4-2-1-3-15(12)16)19-13-6-8-14(20)9-7-13/h1-5,10,13-14,19-20H,6-9H2. The van der Waals surface area contributed by atoms with Crippen molar-refractivity contribution in [3.05, 3.63) is 42.0 Å². The number of nitrogens with one attached hydrogen (secondary N) is 1. The van der Waals surface area contributed by atoms with Crippen LogP contribution in [0.1, 0.15) is 31.2 Å². The second-order valence-corrected chi connectivity index (χ2v) is 5.47. The highest BCUT2D eigenvalue weighted by molar-refractivity contribution is 5.97. The second-order valence-electron chi connectivity index (χ2n) is 5.47. The van der Waals surface area contributed by atoms with E-state index in [1.807, 2.05) is 30.3 Å². The summed E-state index contributed by atoms with van der Waals surface area (Å²) in [6, 6.07) is 14.5. The summed E-state index contributed by atoms with van der Waals surface area (Å²) in [5.74, 6) is 0. The van der Waals surface area contributed by atoms with Gasteiger partial charge in [-0.3, -0.25) is 0 Å². The fourth-order valence-corrected chi connectivity index (χ4v) is 2.96. The van der Waals surface area contributed by atoms with Gasteiger partial charge in [0.1, 0.15) is 0 Å². The minimum atomic E-state index is -0.134. The van der Waals surface area contributed by atoms with Gasteiger partial charge in [-0.25, -0.2) is 0 Å². The van der Waals surface area contributed by atoms with Gasteiger partial charge in [-0.2, -0.15) is 5.26 Å². The molecule has 2 N–H and O–H groups in total. The van der Waals surface area contributed by atoms with Crippen LogP contribution >= 0.6 is 0 Å². The van der Waals surface area contributed by atoms with Crippen LogP contribution in [-0.4, -0.2) is 17.3 Å². The van der Waals surface area contributed by atoms with E-state index in [1.165, 1.54) is 0 Å². The van der Waals surface area contributed by atoms with Gasteiger partial charge in [0, 0.05) is 22.5 Å². The first-order valence-electron chi connectivity index (χ1n) is 7.14. The molecule has 0 aromatic heterocycles. The molecule has 20 heavy (non-hydrogen) atoms. The Hall–Kier alpha value is -2.05. The van der Waals surface area contributed by atoms with E-state index in [-0.39, 0.29) is 6.10 Å². The lowest BCUT2D eigenvalue weighted by atomic mass is 9.92. The molecule has 3 nitrogen and oxygen atoms in total. The Balaban J connectivity index is 1.91. The number of hydrogen-bond acceptors (Lipinski definition) is 3. The zero-order valence-electron chi connectivity index (χ0n) is 11.3. The molecule has 3 rings (SSSR count). The van der Waals surface area contributed by atoms with Crippen LogP contribution in [0.3, 0.4) is 0 Å². The van der Waals surface area contributed by atoms with Crippen molar-refractivity contribution < 1.29 is 5.11 Å². The van der Waals surface area contributed by atoms with Gasteiger partial charge >= 0.3 is 0 Å². The van der Waals surface area contributed by atoms with Gasteiger partial charge in [0.25, 0.3) is 0 Å². The smallest absolute Gasteiger partial charge is 0.0998 e. The van der Waals surface area contributed by atoms with Gasteiger partial charge in [0.05, 0.1) is 17.7 Å². The van der Waals surface area contributed by atoms with Gasteiger partial charge in [0.2, 0.25) is 0 Å². The lowest BCUT2D eigenvalue weighted by molar-refractivity contribution is 0.126. The predicted octanol–water partition coefficient (Wildman–Crippen LogP) is 3.43. The summed E-state index contributed by atoms with van der Waals surface area (Å²) >= 11 is 0. The third kappa shape index (κ3) is 2.48. The van der Waals surface area contributed by atoms with Gasteiger partial charge in [-0.1, -0.05) is 24.3 Å². The summed E-state index contributed by atoms with van der Waals surface area (Å²) in [7, 11) is 0. The number of nitrogens with zero attached hydrogens (tertiary/aromatic N) is 1. The van der Waals surface area contributed by atoms with Crippen LogP contribution in [0.4, 0.5) is 5.69 Å². The maximum absolute atomic E-state index is 9.57. The Morgan fingerprint density at radius 2 is 1.70 bits per heavy atom. The molecule has 3 heteroatoms. The SMILES string of the molecule is N#Cc1ccc(NC2CCC(O)CC2)c2ccccc12. The van der Waals surface area contributed by atoms with Gasteiger partial charge in [-0.05, 0) is 37.8 Å². The Bertz CT molecular complexity index is 652. The zero-order chi connectivity index (χ0) is 13.9. The second kappa shape index (κ2) is 5.52. The van der Waals surface area contributed by atoms with E-state index in [2.05, 4.69) is 17.5 Å². The zero-order valence-corrected chi connectivity index (χ0v) is 11.3. The number of aliphatic hydroxyl groups is 1. The van der Waals surface area contributed by atoms with Gasteiger partial charge in [0.15, 0.2) is 0 Å². The molecular weight excluding hydrogens is 248 g/mol. The maximum atomic E-state index is 9.57. The molecule has 0 atom stereocenters. The van der Waals surface area contributed by atoms with Crippen molar-refractivity contribution in [2.24, 2.45) is 0 Å². The number of aliphatic hydroxyl groups excluding tert-OH is 1. The number of rotatable bonds is 2. The van der Waals surface area contributed by atoms with Crippen molar-refractivity contribution in [2.45, 2.75) is 37.8 Å². The van der Waals surface area contributed by atoms with E-state index in [0.717, 1.165) is 42.1 Å². The van der Waals surface area contributed by atoms with E-state index >= 15 is 0 Å². The normalized spacial score (nSPS) is 22.4. The molecule has 0 unspecified atom stereocenters. The third-order valence-corrected chi connectivity index (χ3v) is 4.10. The lowest BCUT2D eigenvalue weighted by Gasteiger charge is -2.27. The molecule has 0 aliphatic heterocycles. The van der Waals surface area contributed by atoms with Crippen LogP contribution in [0.25, 0.3) is 10.8 Å². The highest BCUT2D eigenvalue weighted by Crippen LogP contribution is 2.29. The molecule has 1 aliphatic rings. The van der Waals surface area contributed by atoms with Crippen molar-refractivity contribution in [1.29, 1.82) is 5.26 Å². The number of benzene rings is 2. The van der Waals surface area contributed by atoms with Crippen molar-refractivity contribution >= 4 is 16.5 Å². The van der Waals surface area contributed by atoms with E-state index in [1.54, 1.807) is 0 Å². The fourth-order valence-electron chi connectivity index (χ4n) is 2.96. The summed E-state index contributed by atoms with van der Waals surface area (Å²) in [4.78, 5) is 0. The van der Waals surface area contributed by atoms with E-state index in [4.69, 9.17) is 0 Å². The first-order valence-corrected chi connectivity index (χ1v) is 7.14. The van der Waals surface area contributed by atoms with Crippen LogP contribution in [0.2, 0.25) is 0 Å². The van der Waals surface area contributed by atoms with Crippen LogP contribution in [0, 0.1) is 11.3 Å². The summed E-state index contributed by atoms with van der Waals surface area (Å²) in [5.41, 5.74) is 1.80. The van der Waals surface area contributed by atoms with E-state index < -0.39 is 0 Å². The van der Waals surface area contributed by atoms with Crippen LogP contribution in [-0.2, 0) is 0 Å². The monoisotopic (exact) mass is 266 g/mol. The molecule has 0 amide bonds. The molecule has 0 saturated heterocycles. The number of nitriles is 1. The summed E-state index contributed by atoms with van der Waals surface area (Å²) in [6.45, 7) is 0. The minimum absolute atomic E-state index is 0.134. The molecule has 0 heterocycles. The van der Waals surface area contributed by atoms with Gasteiger partial charge < -0.3 is 10.4 Å². The molecule has 0 spiro atoms. The Labute approximate surface area is 118 Å². The predicted molar refractivity (Wildman–Crippen MR) is 80.5 cm³/mol. The number of fused-ring (bicyclic) bond motifs is 1. The van der Waals surface area contributed by atoms with Crippen LogP contribution in [0.15, 0.2) is 36.4 Å². The van der Waals surface area contributed by atoms with Crippen molar-refractivity contribution in [2.75, 3.05) is 5.32 Å². The maximum Gasteiger partial charge on any atom is 0.0998 e. The van der Waals surface area contributed by atoms with Crippen molar-refractivity contribution in [3.8, 4) is 6.07 Å². The Morgan fingerprint density at radius 1 is 1.00 bits per heavy atom. The third-order valence-electron chi connectivity index (χ3n) is 4.10. The molecule has 102 valence electrons. The minimum Gasteiger partial charge on any atom is -0.393 e. The average Bonchev–Trinajstić information content (AvgIpc) is 2.50. The van der Waals surface area contributed by atoms with Crippen LogP contribution in [0.5, 0.6) is 0 Å². The quantitative estimate of drug-likeness (QED) is 0.875. The van der Waals surface area contributed by atoms with Crippen molar-refractivity contribution in [1.82, 2.24) is 0 Å². The number of hydrogen-bond donors (Lipinski definition) is 2. The average molecular weight is 266 g/mol. The van der Waals surface area contributed by atoms with Crippen LogP contribution < -0.4 is 5.32 Å².